The van der Waals surface area contributed by atoms with Gasteiger partial charge in [0.1, 0.15) is 12.1 Å². The number of hydrogen-bond donors (Lipinski definition) is 2. The van der Waals surface area contributed by atoms with Crippen LogP contribution in [-0.2, 0) is 14.3 Å². The van der Waals surface area contributed by atoms with Crippen LogP contribution in [0.25, 0.3) is 0 Å². The maximum absolute atomic E-state index is 11.6. The van der Waals surface area contributed by atoms with Gasteiger partial charge in [-0.25, -0.2) is 0 Å². The molecule has 1 rings (SSSR count). The third-order valence-electron chi connectivity index (χ3n) is 2.93. The number of carboxylic acids is 1. The molecule has 2 unspecified atom stereocenters. The van der Waals surface area contributed by atoms with Crippen molar-refractivity contribution in [1.29, 1.82) is 0 Å². The molecule has 0 bridgehead atoms. The fourth-order valence-electron chi connectivity index (χ4n) is 1.90. The van der Waals surface area contributed by atoms with E-state index in [1.54, 1.807) is 0 Å². The first-order valence-electron chi connectivity index (χ1n) is 6.02. The summed E-state index contributed by atoms with van der Waals surface area (Å²) >= 11 is 0. The lowest BCUT2D eigenvalue weighted by Crippen LogP contribution is -2.49. The van der Waals surface area contributed by atoms with Crippen LogP contribution in [0, 0.1) is 11.8 Å². The fraction of sp³-hybridized carbons (Fsp3) is 0.833. The first kappa shape index (κ1) is 14.0. The molecule has 0 aromatic heterocycles. The number of rotatable bonds is 7. The Balaban J connectivity index is 2.62. The van der Waals surface area contributed by atoms with Crippen molar-refractivity contribution >= 4 is 11.9 Å². The Bertz CT molecular complexity index is 286. The zero-order valence-corrected chi connectivity index (χ0v) is 10.6. The van der Waals surface area contributed by atoms with Crippen LogP contribution in [0.3, 0.4) is 0 Å². The number of carbonyl (C=O) groups excluding carboxylic acids is 1. The molecule has 0 heterocycles. The highest BCUT2D eigenvalue weighted by Gasteiger charge is 2.38. The Kier molecular flexibility index (Phi) is 4.93. The van der Waals surface area contributed by atoms with Gasteiger partial charge in [-0.2, -0.15) is 0 Å². The van der Waals surface area contributed by atoms with Crippen molar-refractivity contribution in [2.75, 3.05) is 7.11 Å². The summed E-state index contributed by atoms with van der Waals surface area (Å²) in [7, 11) is 1.32. The summed E-state index contributed by atoms with van der Waals surface area (Å²) in [6.45, 7) is 3.98. The number of carboxylic acid groups (broad SMARTS) is 1. The van der Waals surface area contributed by atoms with Crippen LogP contribution in [0.4, 0.5) is 0 Å². The minimum Gasteiger partial charge on any atom is -0.480 e. The molecule has 17 heavy (non-hydrogen) atoms. The summed E-state index contributed by atoms with van der Waals surface area (Å²) in [5, 5.41) is 12.0. The summed E-state index contributed by atoms with van der Waals surface area (Å²) in [6, 6.07) is -1.15. The lowest BCUT2D eigenvalue weighted by Gasteiger charge is -2.22. The van der Waals surface area contributed by atoms with Crippen LogP contribution in [0.15, 0.2) is 0 Å². The maximum Gasteiger partial charge on any atom is 0.322 e. The van der Waals surface area contributed by atoms with E-state index in [0.717, 1.165) is 12.8 Å². The fourth-order valence-corrected chi connectivity index (χ4v) is 1.90. The van der Waals surface area contributed by atoms with Crippen molar-refractivity contribution in [3.05, 3.63) is 0 Å². The van der Waals surface area contributed by atoms with Crippen LogP contribution in [0.2, 0.25) is 0 Å². The van der Waals surface area contributed by atoms with Gasteiger partial charge in [-0.15, -0.1) is 0 Å². The average molecular weight is 243 g/mol. The van der Waals surface area contributed by atoms with Crippen molar-refractivity contribution in [3.63, 3.8) is 0 Å². The topological polar surface area (TPSA) is 75.6 Å². The lowest BCUT2D eigenvalue weighted by atomic mass is 10.0. The molecule has 5 nitrogen and oxygen atoms in total. The molecular formula is C12H21NO4. The molecule has 98 valence electrons. The van der Waals surface area contributed by atoms with Gasteiger partial charge in [0, 0.05) is 0 Å². The Labute approximate surface area is 102 Å². The number of methoxy groups -OCH3 is 1. The second kappa shape index (κ2) is 6.00. The van der Waals surface area contributed by atoms with Gasteiger partial charge in [-0.05, 0) is 31.1 Å². The minimum absolute atomic E-state index is 0.159. The standard InChI is InChI=1S/C12H21NO4/c1-7(2)6-9(12(16)17-3)13-10(11(14)15)8-4-5-8/h7-10,13H,4-6H2,1-3H3,(H,14,15). The average Bonchev–Trinajstić information content (AvgIpc) is 3.05. The highest BCUT2D eigenvalue weighted by atomic mass is 16.5. The monoisotopic (exact) mass is 243 g/mol. The molecule has 1 saturated carbocycles. The molecule has 5 heteroatoms. The van der Waals surface area contributed by atoms with Gasteiger partial charge >= 0.3 is 11.9 Å². The molecule has 0 aliphatic heterocycles. The van der Waals surface area contributed by atoms with Gasteiger partial charge in [-0.3, -0.25) is 14.9 Å². The molecule has 1 aliphatic carbocycles. The van der Waals surface area contributed by atoms with E-state index < -0.39 is 18.1 Å². The summed E-state index contributed by atoms with van der Waals surface area (Å²) in [4.78, 5) is 22.7. The predicted molar refractivity (Wildman–Crippen MR) is 62.5 cm³/mol. The number of aliphatic carboxylic acids is 1. The highest BCUT2D eigenvalue weighted by Crippen LogP contribution is 2.33. The Hall–Kier alpha value is -1.10. The van der Waals surface area contributed by atoms with Gasteiger partial charge < -0.3 is 9.84 Å². The molecular weight excluding hydrogens is 222 g/mol. The van der Waals surface area contributed by atoms with Crippen LogP contribution < -0.4 is 5.32 Å². The van der Waals surface area contributed by atoms with Crippen LogP contribution in [-0.4, -0.2) is 36.2 Å². The number of hydrogen-bond acceptors (Lipinski definition) is 4. The van der Waals surface area contributed by atoms with E-state index in [0.29, 0.717) is 12.3 Å². The van der Waals surface area contributed by atoms with E-state index in [-0.39, 0.29) is 11.9 Å². The summed E-state index contributed by atoms with van der Waals surface area (Å²) < 4.78 is 4.70. The van der Waals surface area contributed by atoms with E-state index in [1.807, 2.05) is 13.8 Å². The van der Waals surface area contributed by atoms with Crippen molar-refractivity contribution in [2.45, 2.75) is 45.2 Å². The lowest BCUT2D eigenvalue weighted by molar-refractivity contribution is -0.145. The Morgan fingerprint density at radius 3 is 2.35 bits per heavy atom. The maximum atomic E-state index is 11.6. The molecule has 1 fully saturated rings. The Morgan fingerprint density at radius 1 is 1.41 bits per heavy atom. The molecule has 0 aromatic carbocycles. The summed E-state index contributed by atoms with van der Waals surface area (Å²) in [5.41, 5.74) is 0. The third-order valence-corrected chi connectivity index (χ3v) is 2.93. The van der Waals surface area contributed by atoms with Gasteiger partial charge in [0.25, 0.3) is 0 Å². The number of nitrogens with one attached hydrogen (secondary N) is 1. The van der Waals surface area contributed by atoms with E-state index in [4.69, 9.17) is 9.84 Å². The second-order valence-electron chi connectivity index (χ2n) is 5.03. The van der Waals surface area contributed by atoms with E-state index in [1.165, 1.54) is 7.11 Å². The smallest absolute Gasteiger partial charge is 0.322 e. The number of ether oxygens (including phenoxy) is 1. The van der Waals surface area contributed by atoms with Gasteiger partial charge in [0.05, 0.1) is 7.11 Å². The highest BCUT2D eigenvalue weighted by molar-refractivity contribution is 5.79. The summed E-state index contributed by atoms with van der Waals surface area (Å²) in [6.07, 6.45) is 2.42. The first-order valence-corrected chi connectivity index (χ1v) is 6.02. The third kappa shape index (κ3) is 4.34. The van der Waals surface area contributed by atoms with E-state index in [2.05, 4.69) is 5.32 Å². The second-order valence-corrected chi connectivity index (χ2v) is 5.03. The molecule has 0 amide bonds. The van der Waals surface area contributed by atoms with Crippen LogP contribution in [0.5, 0.6) is 0 Å². The zero-order chi connectivity index (χ0) is 13.0. The number of carbonyl (C=O) groups is 2. The molecule has 0 spiro atoms. The van der Waals surface area contributed by atoms with E-state index >= 15 is 0 Å². The van der Waals surface area contributed by atoms with Gasteiger partial charge in [0.15, 0.2) is 0 Å². The molecule has 2 atom stereocenters. The number of esters is 1. The van der Waals surface area contributed by atoms with Crippen LogP contribution in [0.1, 0.15) is 33.1 Å². The van der Waals surface area contributed by atoms with Gasteiger partial charge in [-0.1, -0.05) is 13.8 Å². The van der Waals surface area contributed by atoms with E-state index in [9.17, 15) is 9.59 Å². The molecule has 0 aromatic rings. The van der Waals surface area contributed by atoms with Gasteiger partial charge in [0.2, 0.25) is 0 Å². The van der Waals surface area contributed by atoms with Crippen molar-refractivity contribution < 1.29 is 19.4 Å². The quantitative estimate of drug-likeness (QED) is 0.653. The molecule has 0 saturated heterocycles. The van der Waals surface area contributed by atoms with Crippen LogP contribution >= 0.6 is 0 Å². The van der Waals surface area contributed by atoms with Crippen molar-refractivity contribution in [2.24, 2.45) is 11.8 Å². The minimum atomic E-state index is -0.884. The van der Waals surface area contributed by atoms with Crippen molar-refractivity contribution in [3.8, 4) is 0 Å². The Morgan fingerprint density at radius 2 is 2.00 bits per heavy atom. The molecule has 2 N–H and O–H groups in total. The first-order chi connectivity index (χ1) is 7.95. The zero-order valence-electron chi connectivity index (χ0n) is 10.6. The van der Waals surface area contributed by atoms with Crippen molar-refractivity contribution in [1.82, 2.24) is 5.32 Å². The predicted octanol–water partition coefficient (Wildman–Crippen LogP) is 1.03. The SMILES string of the molecule is COC(=O)C(CC(C)C)NC(C(=O)O)C1CC1. The largest absolute Gasteiger partial charge is 0.480 e. The molecule has 1 aliphatic rings. The summed E-state index contributed by atoms with van der Waals surface area (Å²) in [5.74, 6) is -0.803. The molecule has 0 radical (unpaired) electrons. The normalized spacial score (nSPS) is 18.8.